The van der Waals surface area contributed by atoms with E-state index in [0.717, 1.165) is 4.90 Å². The zero-order valence-electron chi connectivity index (χ0n) is 8.68. The van der Waals surface area contributed by atoms with Crippen molar-refractivity contribution in [2.45, 2.75) is 6.42 Å². The Bertz CT molecular complexity index is 276. The number of amides is 3. The van der Waals surface area contributed by atoms with Gasteiger partial charge < -0.3 is 5.32 Å². The van der Waals surface area contributed by atoms with E-state index in [0.29, 0.717) is 0 Å². The molecule has 0 bridgehead atoms. The van der Waals surface area contributed by atoms with Crippen LogP contribution in [0.2, 0.25) is 0 Å². The van der Waals surface area contributed by atoms with E-state index < -0.39 is 0 Å². The molecule has 0 spiro atoms. The Balaban J connectivity index is -0.000000563. The quantitative estimate of drug-likeness (QED) is 0.455. The van der Waals surface area contributed by atoms with Crippen molar-refractivity contribution in [1.82, 2.24) is 10.2 Å². The smallest absolute Gasteiger partial charge is 0.253 e. The summed E-state index contributed by atoms with van der Waals surface area (Å²) in [6, 6.07) is 0. The van der Waals surface area contributed by atoms with Crippen molar-refractivity contribution in [1.29, 1.82) is 0 Å². The molecule has 16 heavy (non-hydrogen) atoms. The van der Waals surface area contributed by atoms with Gasteiger partial charge in [0, 0.05) is 123 Å². The first kappa shape index (κ1) is 22.8. The van der Waals surface area contributed by atoms with Gasteiger partial charge in [0.15, 0.2) is 5.91 Å². The van der Waals surface area contributed by atoms with E-state index in [-0.39, 0.29) is 129 Å². The second kappa shape index (κ2) is 11.7. The molecule has 0 unspecified atom stereocenters. The van der Waals surface area contributed by atoms with E-state index in [4.69, 9.17) is 0 Å². The molecule has 8 heteroatoms. The molecule has 3 amide bonds. The van der Waals surface area contributed by atoms with Gasteiger partial charge in [-0.25, -0.2) is 0 Å². The maximum Gasteiger partial charge on any atom is 0.253 e. The number of nitrogens with zero attached hydrogens (tertiary/aromatic N) is 1. The number of carbonyl (C=O) groups is 3. The van der Waals surface area contributed by atoms with Crippen LogP contribution in [0.3, 0.4) is 0 Å². The second-order valence-corrected chi connectivity index (χ2v) is 2.51. The average Bonchev–Trinajstić information content (AvgIpc) is 2.43. The molecule has 5 nitrogen and oxygen atoms in total. The summed E-state index contributed by atoms with van der Waals surface area (Å²) in [5.74, 6) is -1.05. The summed E-state index contributed by atoms with van der Waals surface area (Å²) in [5, 5.41) is 2.16. The molecular formula is C8H9N2O3Y3-. The summed E-state index contributed by atoms with van der Waals surface area (Å²) in [4.78, 5) is 33.7. The topological polar surface area (TPSA) is 66.5 Å². The van der Waals surface area contributed by atoms with Crippen molar-refractivity contribution in [3.8, 4) is 0 Å². The van der Waals surface area contributed by atoms with Crippen LogP contribution in [0.15, 0.2) is 12.2 Å². The SMILES string of the molecule is [CH2-]NC(=O)CCN1C(=O)C=CC1=O.[Y].[Y].[Y]. The predicted octanol–water partition coefficient (Wildman–Crippen LogP) is -0.798. The zero-order chi connectivity index (χ0) is 9.84. The van der Waals surface area contributed by atoms with Crippen LogP contribution < -0.4 is 5.32 Å². The maximum atomic E-state index is 11.0. The first-order valence-electron chi connectivity index (χ1n) is 3.74. The van der Waals surface area contributed by atoms with Gasteiger partial charge >= 0.3 is 0 Å². The van der Waals surface area contributed by atoms with E-state index in [1.807, 2.05) is 0 Å². The first-order chi connectivity index (χ1) is 6.15. The molecule has 0 fully saturated rings. The Hall–Kier alpha value is 1.66. The Morgan fingerprint density at radius 2 is 1.62 bits per heavy atom. The molecule has 0 aromatic heterocycles. The molecule has 1 aliphatic rings. The fraction of sp³-hybridized carbons (Fsp3) is 0.250. The summed E-state index contributed by atoms with van der Waals surface area (Å²) in [7, 11) is 3.17. The van der Waals surface area contributed by atoms with Crippen molar-refractivity contribution >= 4 is 17.7 Å². The van der Waals surface area contributed by atoms with Gasteiger partial charge in [-0.05, 0) is 0 Å². The van der Waals surface area contributed by atoms with Gasteiger partial charge in [-0.1, -0.05) is 0 Å². The monoisotopic (exact) mass is 448 g/mol. The average molecular weight is 448 g/mol. The van der Waals surface area contributed by atoms with Crippen molar-refractivity contribution in [3.05, 3.63) is 19.2 Å². The molecule has 0 aromatic rings. The normalized spacial score (nSPS) is 12.4. The van der Waals surface area contributed by atoms with Crippen molar-refractivity contribution in [3.63, 3.8) is 0 Å². The summed E-state index contributed by atoms with van der Waals surface area (Å²) in [5.41, 5.74) is 0. The summed E-state index contributed by atoms with van der Waals surface area (Å²) in [6.07, 6.45) is 2.46. The number of hydrogen-bond donors (Lipinski definition) is 1. The van der Waals surface area contributed by atoms with Crippen LogP contribution >= 0.6 is 0 Å². The third-order valence-corrected chi connectivity index (χ3v) is 1.66. The molecule has 1 aliphatic heterocycles. The maximum absolute atomic E-state index is 11.0. The minimum absolute atomic E-state index is 0. The van der Waals surface area contributed by atoms with Crippen LogP contribution in [-0.2, 0) is 113 Å². The second-order valence-electron chi connectivity index (χ2n) is 2.51. The van der Waals surface area contributed by atoms with Gasteiger partial charge in [0.2, 0.25) is 0 Å². The summed E-state index contributed by atoms with van der Waals surface area (Å²) in [6.45, 7) is 0.103. The third kappa shape index (κ3) is 7.18. The fourth-order valence-corrected chi connectivity index (χ4v) is 0.953. The van der Waals surface area contributed by atoms with E-state index in [9.17, 15) is 14.4 Å². The molecule has 79 valence electrons. The third-order valence-electron chi connectivity index (χ3n) is 1.66. The number of hydrogen-bond acceptors (Lipinski definition) is 3. The largest absolute Gasteiger partial charge is 0.508 e. The van der Waals surface area contributed by atoms with Crippen molar-refractivity contribution < 1.29 is 113 Å². The van der Waals surface area contributed by atoms with Gasteiger partial charge in [-0.3, -0.25) is 26.3 Å². The van der Waals surface area contributed by atoms with Gasteiger partial charge in [0.25, 0.3) is 11.8 Å². The van der Waals surface area contributed by atoms with Gasteiger partial charge in [0.1, 0.15) is 0 Å². The first-order valence-corrected chi connectivity index (χ1v) is 3.74. The van der Waals surface area contributed by atoms with E-state index in [1.54, 1.807) is 0 Å². The van der Waals surface area contributed by atoms with Crippen molar-refractivity contribution in [2.75, 3.05) is 6.54 Å². The van der Waals surface area contributed by atoms with Crippen LogP contribution in [0.5, 0.6) is 0 Å². The number of carbonyl (C=O) groups excluding carboxylic acids is 3. The van der Waals surface area contributed by atoms with E-state index >= 15 is 0 Å². The predicted molar refractivity (Wildman–Crippen MR) is 44.0 cm³/mol. The number of imide groups is 1. The zero-order valence-corrected chi connectivity index (χ0v) is 17.2. The van der Waals surface area contributed by atoms with E-state index in [1.165, 1.54) is 12.2 Å². The molecule has 0 atom stereocenters. The molecule has 3 radical (unpaired) electrons. The summed E-state index contributed by atoms with van der Waals surface area (Å²) < 4.78 is 0. The van der Waals surface area contributed by atoms with Crippen molar-refractivity contribution in [2.24, 2.45) is 0 Å². The Kier molecular flexibility index (Phi) is 16.7. The number of rotatable bonds is 3. The van der Waals surface area contributed by atoms with Gasteiger partial charge in [-0.15, -0.1) is 0 Å². The standard InChI is InChI=1S/C8H9N2O3.3Y/c1-9-6(11)4-5-10-7(12)2-3-8(10)13;;;/h2-3H,1,4-5H2,(H,9,11);;;/q-1;;;. The molecule has 1 rings (SSSR count). The van der Waals surface area contributed by atoms with Gasteiger partial charge in [0.05, 0.1) is 0 Å². The van der Waals surface area contributed by atoms with E-state index in [2.05, 4.69) is 12.4 Å². The minimum atomic E-state index is -0.373. The molecular weight excluding hydrogens is 439 g/mol. The Morgan fingerprint density at radius 1 is 1.19 bits per heavy atom. The van der Waals surface area contributed by atoms with Crippen LogP contribution in [0, 0.1) is 7.05 Å². The molecule has 1 N–H and O–H groups in total. The van der Waals surface area contributed by atoms with Gasteiger partial charge in [-0.2, -0.15) is 0 Å². The molecule has 1 heterocycles. The van der Waals surface area contributed by atoms with Crippen LogP contribution in [0.1, 0.15) is 6.42 Å². The minimum Gasteiger partial charge on any atom is -0.508 e. The molecule has 0 aliphatic carbocycles. The molecule has 0 aromatic carbocycles. The van der Waals surface area contributed by atoms with Crippen LogP contribution in [0.4, 0.5) is 0 Å². The summed E-state index contributed by atoms with van der Waals surface area (Å²) >= 11 is 0. The Labute approximate surface area is 170 Å². The Morgan fingerprint density at radius 3 is 2.00 bits per heavy atom. The fourth-order valence-electron chi connectivity index (χ4n) is 0.953. The molecule has 0 saturated carbocycles. The van der Waals surface area contributed by atoms with Crippen LogP contribution in [-0.4, -0.2) is 29.2 Å². The number of nitrogens with one attached hydrogen (secondary N) is 1. The van der Waals surface area contributed by atoms with Crippen LogP contribution in [0.25, 0.3) is 0 Å². The molecule has 0 saturated heterocycles.